The number of carbonyl (C=O) groups is 2. The molecular formula is C21H20N2O3. The van der Waals surface area contributed by atoms with Gasteiger partial charge in [0, 0.05) is 35.8 Å². The fourth-order valence-corrected chi connectivity index (χ4v) is 3.31. The van der Waals surface area contributed by atoms with Gasteiger partial charge in [0.15, 0.2) is 0 Å². The largest absolute Gasteiger partial charge is 0.457 e. The lowest BCUT2D eigenvalue weighted by atomic mass is 10.1. The van der Waals surface area contributed by atoms with Crippen LogP contribution in [0.4, 0.5) is 0 Å². The van der Waals surface area contributed by atoms with Gasteiger partial charge in [0.1, 0.15) is 6.61 Å². The molecule has 0 radical (unpaired) electrons. The maximum atomic E-state index is 12.3. The summed E-state index contributed by atoms with van der Waals surface area (Å²) < 4.78 is 5.43. The number of hydrogen-bond donors (Lipinski definition) is 1. The van der Waals surface area contributed by atoms with Crippen LogP contribution in [0.1, 0.15) is 39.1 Å². The molecule has 5 nitrogen and oxygen atoms in total. The van der Waals surface area contributed by atoms with Crippen LogP contribution in [-0.4, -0.2) is 34.8 Å². The fourth-order valence-electron chi connectivity index (χ4n) is 3.31. The molecule has 1 aliphatic rings. The number of esters is 1. The first-order valence-corrected chi connectivity index (χ1v) is 8.84. The number of amides is 1. The lowest BCUT2D eigenvalue weighted by Crippen LogP contribution is -2.27. The quantitative estimate of drug-likeness (QED) is 0.730. The Kier molecular flexibility index (Phi) is 4.44. The topological polar surface area (TPSA) is 62.4 Å². The van der Waals surface area contributed by atoms with Crippen molar-refractivity contribution >= 4 is 22.8 Å². The molecule has 3 aromatic rings. The third-order valence-corrected chi connectivity index (χ3v) is 4.77. The highest BCUT2D eigenvalue weighted by atomic mass is 16.5. The summed E-state index contributed by atoms with van der Waals surface area (Å²) in [5.74, 6) is -0.287. The van der Waals surface area contributed by atoms with Gasteiger partial charge < -0.3 is 14.6 Å². The molecule has 2 heterocycles. The zero-order valence-corrected chi connectivity index (χ0v) is 14.4. The second kappa shape index (κ2) is 7.04. The lowest BCUT2D eigenvalue weighted by Gasteiger charge is -2.15. The Morgan fingerprint density at radius 2 is 1.73 bits per heavy atom. The minimum Gasteiger partial charge on any atom is -0.457 e. The summed E-state index contributed by atoms with van der Waals surface area (Å²) in [5.41, 5.74) is 2.97. The molecule has 0 saturated carbocycles. The van der Waals surface area contributed by atoms with Crippen LogP contribution in [0.3, 0.4) is 0 Å². The van der Waals surface area contributed by atoms with Gasteiger partial charge in [-0.3, -0.25) is 4.79 Å². The second-order valence-electron chi connectivity index (χ2n) is 6.52. The van der Waals surface area contributed by atoms with Crippen LogP contribution in [0, 0.1) is 0 Å². The number of aromatic amines is 1. The molecular weight excluding hydrogens is 328 g/mol. The van der Waals surface area contributed by atoms with E-state index in [9.17, 15) is 9.59 Å². The summed E-state index contributed by atoms with van der Waals surface area (Å²) in [6, 6.07) is 14.9. The summed E-state index contributed by atoms with van der Waals surface area (Å²) in [6.07, 6.45) is 3.83. The average molecular weight is 348 g/mol. The van der Waals surface area contributed by atoms with Gasteiger partial charge in [-0.1, -0.05) is 30.3 Å². The minimum absolute atomic E-state index is 0.0739. The van der Waals surface area contributed by atoms with E-state index in [0.717, 1.165) is 42.4 Å². The van der Waals surface area contributed by atoms with E-state index in [2.05, 4.69) is 4.98 Å². The van der Waals surface area contributed by atoms with E-state index in [1.807, 2.05) is 41.3 Å². The highest BCUT2D eigenvalue weighted by molar-refractivity contribution is 6.04. The number of benzene rings is 2. The van der Waals surface area contributed by atoms with E-state index in [1.54, 1.807) is 18.3 Å². The van der Waals surface area contributed by atoms with Crippen LogP contribution >= 0.6 is 0 Å². The van der Waals surface area contributed by atoms with Gasteiger partial charge in [-0.25, -0.2) is 4.79 Å². The molecule has 1 aliphatic heterocycles. The summed E-state index contributed by atoms with van der Waals surface area (Å²) in [6.45, 7) is 1.85. The number of carbonyl (C=O) groups excluding carboxylic acids is 2. The van der Waals surface area contributed by atoms with Crippen LogP contribution in [0.2, 0.25) is 0 Å². The molecule has 1 fully saturated rings. The maximum Gasteiger partial charge on any atom is 0.340 e. The van der Waals surface area contributed by atoms with Crippen LogP contribution in [-0.2, 0) is 11.3 Å². The monoisotopic (exact) mass is 348 g/mol. The van der Waals surface area contributed by atoms with Crippen molar-refractivity contribution in [2.45, 2.75) is 19.4 Å². The van der Waals surface area contributed by atoms with Crippen LogP contribution in [0.15, 0.2) is 54.7 Å². The Labute approximate surface area is 151 Å². The lowest BCUT2D eigenvalue weighted by molar-refractivity contribution is 0.0474. The number of rotatable bonds is 4. The Bertz CT molecular complexity index is 937. The molecule has 0 atom stereocenters. The van der Waals surface area contributed by atoms with E-state index in [0.29, 0.717) is 11.1 Å². The molecule has 0 aliphatic carbocycles. The standard InChI is InChI=1S/C21H20N2O3/c24-20(23-11-3-4-12-23)16-9-7-15(8-10-16)14-26-21(25)18-13-22-19-6-2-1-5-17(18)19/h1-2,5-10,13,22H,3-4,11-12,14H2. The predicted octanol–water partition coefficient (Wildman–Crippen LogP) is 3.76. The maximum absolute atomic E-state index is 12.3. The molecule has 4 rings (SSSR count). The first-order chi connectivity index (χ1) is 12.7. The highest BCUT2D eigenvalue weighted by Crippen LogP contribution is 2.19. The molecule has 1 amide bonds. The van der Waals surface area contributed by atoms with Crippen molar-refractivity contribution in [3.8, 4) is 0 Å². The number of nitrogens with one attached hydrogen (secondary N) is 1. The van der Waals surface area contributed by atoms with E-state index in [1.165, 1.54) is 0 Å². The van der Waals surface area contributed by atoms with E-state index in [-0.39, 0.29) is 18.5 Å². The summed E-state index contributed by atoms with van der Waals surface area (Å²) in [4.78, 5) is 29.6. The zero-order valence-electron chi connectivity index (χ0n) is 14.4. The third kappa shape index (κ3) is 3.20. The Morgan fingerprint density at radius 1 is 1.00 bits per heavy atom. The van der Waals surface area contributed by atoms with E-state index in [4.69, 9.17) is 4.74 Å². The SMILES string of the molecule is O=C(OCc1ccc(C(=O)N2CCCC2)cc1)c1c[nH]c2ccccc12. The zero-order chi connectivity index (χ0) is 17.9. The predicted molar refractivity (Wildman–Crippen MR) is 99.0 cm³/mol. The second-order valence-corrected chi connectivity index (χ2v) is 6.52. The normalized spacial score (nSPS) is 13.9. The average Bonchev–Trinajstić information content (AvgIpc) is 3.36. The molecule has 0 unspecified atom stereocenters. The van der Waals surface area contributed by atoms with Crippen molar-refractivity contribution in [3.63, 3.8) is 0 Å². The van der Waals surface area contributed by atoms with Crippen molar-refractivity contribution in [1.82, 2.24) is 9.88 Å². The third-order valence-electron chi connectivity index (χ3n) is 4.77. The van der Waals surface area contributed by atoms with Gasteiger partial charge in [-0.15, -0.1) is 0 Å². The molecule has 0 spiro atoms. The number of nitrogens with zero attached hydrogens (tertiary/aromatic N) is 1. The van der Waals surface area contributed by atoms with E-state index >= 15 is 0 Å². The molecule has 26 heavy (non-hydrogen) atoms. The number of fused-ring (bicyclic) bond motifs is 1. The molecule has 1 saturated heterocycles. The first-order valence-electron chi connectivity index (χ1n) is 8.84. The number of para-hydroxylation sites is 1. The highest BCUT2D eigenvalue weighted by Gasteiger charge is 2.19. The number of hydrogen-bond acceptors (Lipinski definition) is 3. The summed E-state index contributed by atoms with van der Waals surface area (Å²) in [7, 11) is 0. The van der Waals surface area contributed by atoms with Crippen molar-refractivity contribution in [1.29, 1.82) is 0 Å². The molecule has 0 bridgehead atoms. The van der Waals surface area contributed by atoms with Crippen LogP contribution in [0.25, 0.3) is 10.9 Å². The fraction of sp³-hybridized carbons (Fsp3) is 0.238. The Hall–Kier alpha value is -3.08. The van der Waals surface area contributed by atoms with Gasteiger partial charge in [-0.05, 0) is 36.6 Å². The number of likely N-dealkylation sites (tertiary alicyclic amines) is 1. The van der Waals surface area contributed by atoms with Crippen molar-refractivity contribution < 1.29 is 14.3 Å². The molecule has 5 heteroatoms. The first kappa shape index (κ1) is 16.4. The number of H-pyrrole nitrogens is 1. The van der Waals surface area contributed by atoms with Gasteiger partial charge >= 0.3 is 5.97 Å². The molecule has 2 aromatic carbocycles. The number of aromatic nitrogens is 1. The van der Waals surface area contributed by atoms with Crippen LogP contribution < -0.4 is 0 Å². The van der Waals surface area contributed by atoms with Crippen molar-refractivity contribution in [2.75, 3.05) is 13.1 Å². The summed E-state index contributed by atoms with van der Waals surface area (Å²) in [5, 5.41) is 0.851. The minimum atomic E-state index is -0.361. The van der Waals surface area contributed by atoms with Gasteiger partial charge in [-0.2, -0.15) is 0 Å². The van der Waals surface area contributed by atoms with Crippen molar-refractivity contribution in [2.24, 2.45) is 0 Å². The Balaban J connectivity index is 1.40. The Morgan fingerprint density at radius 3 is 2.50 bits per heavy atom. The van der Waals surface area contributed by atoms with Crippen molar-refractivity contribution in [3.05, 3.63) is 71.4 Å². The molecule has 1 aromatic heterocycles. The van der Waals surface area contributed by atoms with Gasteiger partial charge in [0.25, 0.3) is 5.91 Å². The molecule has 132 valence electrons. The van der Waals surface area contributed by atoms with Crippen LogP contribution in [0.5, 0.6) is 0 Å². The van der Waals surface area contributed by atoms with Gasteiger partial charge in [0.2, 0.25) is 0 Å². The van der Waals surface area contributed by atoms with Gasteiger partial charge in [0.05, 0.1) is 5.56 Å². The number of ether oxygens (including phenoxy) is 1. The summed E-state index contributed by atoms with van der Waals surface area (Å²) >= 11 is 0. The van der Waals surface area contributed by atoms with E-state index < -0.39 is 0 Å². The smallest absolute Gasteiger partial charge is 0.340 e. The molecule has 1 N–H and O–H groups in total.